The number of piperazine rings is 1. The highest BCUT2D eigenvalue weighted by Gasteiger charge is 2.22. The van der Waals surface area contributed by atoms with Crippen molar-refractivity contribution in [2.45, 2.75) is 6.54 Å². The highest BCUT2D eigenvalue weighted by Crippen LogP contribution is 2.28. The third-order valence-corrected chi connectivity index (χ3v) is 6.18. The molecule has 0 aliphatic carbocycles. The molecule has 0 atom stereocenters. The lowest BCUT2D eigenvalue weighted by molar-refractivity contribution is 0.143. The van der Waals surface area contributed by atoms with Crippen LogP contribution in [-0.2, 0) is 6.54 Å². The van der Waals surface area contributed by atoms with E-state index in [0.29, 0.717) is 29.5 Å². The van der Waals surface area contributed by atoms with E-state index in [9.17, 15) is 9.18 Å². The number of methoxy groups -OCH3 is 1. The fraction of sp³-hybridized carbons (Fsp3) is 0.273. The zero-order valence-corrected chi connectivity index (χ0v) is 18.5. The molecule has 1 fully saturated rings. The lowest BCUT2D eigenvalue weighted by Crippen LogP contribution is -2.49. The summed E-state index contributed by atoms with van der Waals surface area (Å²) in [5.41, 5.74) is 2.31. The van der Waals surface area contributed by atoms with E-state index in [1.165, 1.54) is 12.1 Å². The molecule has 0 radical (unpaired) electrons. The first-order valence-corrected chi connectivity index (χ1v) is 11.1. The number of thiazole rings is 1. The van der Waals surface area contributed by atoms with E-state index < -0.39 is 0 Å². The summed E-state index contributed by atoms with van der Waals surface area (Å²) >= 11 is 7.63. The zero-order chi connectivity index (χ0) is 21.8. The summed E-state index contributed by atoms with van der Waals surface area (Å²) in [6.07, 6.45) is 0. The van der Waals surface area contributed by atoms with Gasteiger partial charge in [-0.1, -0.05) is 11.6 Å². The molecule has 1 aliphatic heterocycles. The fourth-order valence-corrected chi connectivity index (χ4v) is 4.43. The first-order chi connectivity index (χ1) is 15.0. The Bertz CT molecular complexity index is 1050. The molecule has 9 heteroatoms. The number of nitrogens with zero attached hydrogens (tertiary/aromatic N) is 3. The summed E-state index contributed by atoms with van der Waals surface area (Å²) in [5.74, 6) is 0.312. The summed E-state index contributed by atoms with van der Waals surface area (Å²) in [4.78, 5) is 21.4. The second kappa shape index (κ2) is 9.64. The maximum absolute atomic E-state index is 13.1. The molecule has 3 aromatic rings. The van der Waals surface area contributed by atoms with Crippen LogP contribution in [0.4, 0.5) is 14.9 Å². The molecule has 4 rings (SSSR count). The predicted molar refractivity (Wildman–Crippen MR) is 121 cm³/mol. The van der Waals surface area contributed by atoms with Crippen LogP contribution in [0.25, 0.3) is 11.3 Å². The van der Waals surface area contributed by atoms with Crippen molar-refractivity contribution in [3.63, 3.8) is 0 Å². The first kappa shape index (κ1) is 21.5. The Hall–Kier alpha value is -2.68. The predicted octanol–water partition coefficient (Wildman–Crippen LogP) is 4.96. The van der Waals surface area contributed by atoms with Crippen LogP contribution in [0.2, 0.25) is 5.02 Å². The van der Waals surface area contributed by atoms with Crippen LogP contribution >= 0.6 is 22.9 Å². The van der Waals surface area contributed by atoms with Crippen LogP contribution in [0, 0.1) is 5.82 Å². The second-order valence-electron chi connectivity index (χ2n) is 7.17. The fourth-order valence-electron chi connectivity index (χ4n) is 3.41. The Morgan fingerprint density at radius 2 is 1.94 bits per heavy atom. The number of carbonyl (C=O) groups is 1. The summed E-state index contributed by atoms with van der Waals surface area (Å²) in [7, 11) is 1.55. The van der Waals surface area contributed by atoms with E-state index in [-0.39, 0.29) is 11.8 Å². The maximum atomic E-state index is 13.1. The summed E-state index contributed by atoms with van der Waals surface area (Å²) in [6.45, 7) is 3.47. The van der Waals surface area contributed by atoms with E-state index >= 15 is 0 Å². The topological polar surface area (TPSA) is 57.7 Å². The number of halogens is 2. The number of aromatic nitrogens is 1. The molecule has 1 N–H and O–H groups in total. The number of hydrogen-bond acceptors (Lipinski definition) is 5. The van der Waals surface area contributed by atoms with E-state index in [0.717, 1.165) is 35.9 Å². The number of anilines is 1. The van der Waals surface area contributed by atoms with Gasteiger partial charge in [0.15, 0.2) is 0 Å². The minimum Gasteiger partial charge on any atom is -0.495 e. The van der Waals surface area contributed by atoms with Gasteiger partial charge in [0.25, 0.3) is 0 Å². The lowest BCUT2D eigenvalue weighted by atomic mass is 10.2. The highest BCUT2D eigenvalue weighted by atomic mass is 35.5. The molecule has 2 aromatic carbocycles. The van der Waals surface area contributed by atoms with Crippen molar-refractivity contribution in [3.05, 3.63) is 63.7 Å². The van der Waals surface area contributed by atoms with E-state index in [4.69, 9.17) is 16.3 Å². The molecule has 0 unspecified atom stereocenters. The number of amides is 2. The van der Waals surface area contributed by atoms with Crippen molar-refractivity contribution < 1.29 is 13.9 Å². The van der Waals surface area contributed by atoms with Crippen LogP contribution in [0.3, 0.4) is 0 Å². The van der Waals surface area contributed by atoms with Crippen molar-refractivity contribution >= 4 is 34.7 Å². The molecule has 1 aliphatic rings. The first-order valence-electron chi connectivity index (χ1n) is 9.84. The molecule has 0 saturated carbocycles. The van der Waals surface area contributed by atoms with Crippen molar-refractivity contribution in [2.75, 3.05) is 38.6 Å². The highest BCUT2D eigenvalue weighted by molar-refractivity contribution is 7.09. The van der Waals surface area contributed by atoms with Crippen LogP contribution in [0.1, 0.15) is 5.01 Å². The largest absolute Gasteiger partial charge is 0.495 e. The minimum absolute atomic E-state index is 0.173. The lowest BCUT2D eigenvalue weighted by Gasteiger charge is -2.34. The van der Waals surface area contributed by atoms with Gasteiger partial charge in [0.05, 0.1) is 25.0 Å². The van der Waals surface area contributed by atoms with Crippen LogP contribution in [0.15, 0.2) is 47.8 Å². The quantitative estimate of drug-likeness (QED) is 0.584. The Kier molecular flexibility index (Phi) is 6.70. The molecule has 2 heterocycles. The molecule has 162 valence electrons. The normalized spacial score (nSPS) is 14.5. The minimum atomic E-state index is -0.255. The molecular weight excluding hydrogens is 439 g/mol. The van der Waals surface area contributed by atoms with Crippen molar-refractivity contribution in [1.82, 2.24) is 14.8 Å². The Balaban J connectivity index is 1.30. The van der Waals surface area contributed by atoms with Gasteiger partial charge in [-0.2, -0.15) is 0 Å². The van der Waals surface area contributed by atoms with Crippen LogP contribution in [-0.4, -0.2) is 54.1 Å². The third kappa shape index (κ3) is 5.33. The molecule has 0 spiro atoms. The van der Waals surface area contributed by atoms with Crippen molar-refractivity contribution in [3.8, 4) is 17.0 Å². The molecule has 1 aromatic heterocycles. The Labute approximate surface area is 189 Å². The number of urea groups is 1. The van der Waals surface area contributed by atoms with Crippen LogP contribution in [0.5, 0.6) is 5.75 Å². The third-order valence-electron chi connectivity index (χ3n) is 5.11. The van der Waals surface area contributed by atoms with Crippen molar-refractivity contribution in [2.24, 2.45) is 0 Å². The summed E-state index contributed by atoms with van der Waals surface area (Å²) < 4.78 is 18.4. The van der Waals surface area contributed by atoms with E-state index in [2.05, 4.69) is 15.2 Å². The van der Waals surface area contributed by atoms with Gasteiger partial charge in [-0.3, -0.25) is 4.90 Å². The summed E-state index contributed by atoms with van der Waals surface area (Å²) in [6, 6.07) is 11.3. The monoisotopic (exact) mass is 460 g/mol. The van der Waals surface area contributed by atoms with Gasteiger partial charge < -0.3 is 15.0 Å². The van der Waals surface area contributed by atoms with E-state index in [1.807, 2.05) is 5.38 Å². The number of ether oxygens (including phenoxy) is 1. The van der Waals surface area contributed by atoms with Gasteiger partial charge in [0.1, 0.15) is 16.6 Å². The number of benzene rings is 2. The molecule has 2 amide bonds. The second-order valence-corrected chi connectivity index (χ2v) is 8.55. The molecule has 0 bridgehead atoms. The van der Waals surface area contributed by atoms with Gasteiger partial charge in [-0.05, 0) is 42.5 Å². The number of nitrogens with one attached hydrogen (secondary N) is 1. The molecular formula is C22H22ClFN4O2S. The van der Waals surface area contributed by atoms with Gasteiger partial charge in [0, 0.05) is 42.1 Å². The van der Waals surface area contributed by atoms with Crippen LogP contribution < -0.4 is 10.1 Å². The van der Waals surface area contributed by atoms with Gasteiger partial charge >= 0.3 is 6.03 Å². The molecule has 31 heavy (non-hydrogen) atoms. The smallest absolute Gasteiger partial charge is 0.322 e. The van der Waals surface area contributed by atoms with Gasteiger partial charge in [0.2, 0.25) is 0 Å². The SMILES string of the molecule is COc1ccc(Cl)cc1NC(=O)N1CCN(Cc2nc(-c3ccc(F)cc3)cs2)CC1. The molecule has 6 nitrogen and oxygen atoms in total. The average Bonchev–Trinajstić information content (AvgIpc) is 3.23. The summed E-state index contributed by atoms with van der Waals surface area (Å²) in [5, 5.41) is 6.41. The molecule has 1 saturated heterocycles. The van der Waals surface area contributed by atoms with Gasteiger partial charge in [-0.15, -0.1) is 11.3 Å². The van der Waals surface area contributed by atoms with Gasteiger partial charge in [-0.25, -0.2) is 14.2 Å². The Morgan fingerprint density at radius 3 is 2.65 bits per heavy atom. The Morgan fingerprint density at radius 1 is 1.19 bits per heavy atom. The van der Waals surface area contributed by atoms with Crippen molar-refractivity contribution in [1.29, 1.82) is 0 Å². The standard InChI is InChI=1S/C22H22ClFN4O2S/c1-30-20-7-4-16(23)12-18(20)26-22(29)28-10-8-27(9-11-28)13-21-25-19(14-31-21)15-2-5-17(24)6-3-15/h2-7,12,14H,8-11,13H2,1H3,(H,26,29). The average molecular weight is 461 g/mol. The zero-order valence-electron chi connectivity index (χ0n) is 17.0. The number of rotatable bonds is 5. The van der Waals surface area contributed by atoms with E-state index in [1.54, 1.807) is 53.7 Å². The number of hydrogen-bond donors (Lipinski definition) is 1. The number of carbonyl (C=O) groups excluding carboxylic acids is 1. The maximum Gasteiger partial charge on any atom is 0.322 e.